The van der Waals surface area contributed by atoms with E-state index in [0.29, 0.717) is 35.7 Å². The number of aromatic amines is 1. The van der Waals surface area contributed by atoms with Crippen LogP contribution in [0.15, 0.2) is 53.3 Å². The second-order valence-corrected chi connectivity index (χ2v) is 8.66. The third-order valence-electron chi connectivity index (χ3n) is 6.54. The van der Waals surface area contributed by atoms with Gasteiger partial charge in [0.2, 0.25) is 11.8 Å². The average Bonchev–Trinajstić information content (AvgIpc) is 3.23. The van der Waals surface area contributed by atoms with Crippen LogP contribution in [-0.2, 0) is 16.1 Å². The molecule has 1 aliphatic heterocycles. The molecule has 172 valence electrons. The summed E-state index contributed by atoms with van der Waals surface area (Å²) in [7, 11) is 0. The van der Waals surface area contributed by atoms with Crippen molar-refractivity contribution in [3.8, 4) is 0 Å². The van der Waals surface area contributed by atoms with E-state index in [0.717, 1.165) is 17.7 Å². The zero-order chi connectivity index (χ0) is 23.5. The molecule has 0 saturated carbocycles. The summed E-state index contributed by atoms with van der Waals surface area (Å²) in [6, 6.07) is 15.1. The molecule has 2 unspecified atom stereocenters. The van der Waals surface area contributed by atoms with Crippen LogP contribution < -0.4 is 10.5 Å². The van der Waals surface area contributed by atoms with Crippen molar-refractivity contribution in [1.29, 1.82) is 0 Å². The molecule has 1 aliphatic rings. The molecule has 0 radical (unpaired) electrons. The van der Waals surface area contributed by atoms with Gasteiger partial charge >= 0.3 is 0 Å². The maximum atomic E-state index is 13.4. The van der Waals surface area contributed by atoms with Crippen molar-refractivity contribution in [3.63, 3.8) is 0 Å². The summed E-state index contributed by atoms with van der Waals surface area (Å²) in [4.78, 5) is 49.4. The number of aromatic nitrogens is 2. The van der Waals surface area contributed by atoms with Gasteiger partial charge in [-0.1, -0.05) is 44.2 Å². The zero-order valence-corrected chi connectivity index (χ0v) is 19.4. The molecule has 4 rings (SSSR count). The molecule has 3 aromatic rings. The van der Waals surface area contributed by atoms with E-state index >= 15 is 0 Å². The number of carbonyl (C=O) groups is 2. The van der Waals surface area contributed by atoms with Gasteiger partial charge in [-0.3, -0.25) is 14.4 Å². The summed E-state index contributed by atoms with van der Waals surface area (Å²) < 4.78 is 0. The van der Waals surface area contributed by atoms with Gasteiger partial charge in [0, 0.05) is 25.2 Å². The molecule has 7 nitrogen and oxygen atoms in total. The lowest BCUT2D eigenvalue weighted by Crippen LogP contribution is -2.38. The summed E-state index contributed by atoms with van der Waals surface area (Å²) >= 11 is 0. The highest BCUT2D eigenvalue weighted by molar-refractivity contribution is 6.01. The fourth-order valence-electron chi connectivity index (χ4n) is 4.47. The number of rotatable bonds is 7. The molecule has 2 heterocycles. The van der Waals surface area contributed by atoms with Crippen LogP contribution in [0.2, 0.25) is 0 Å². The fraction of sp³-hybridized carbons (Fsp3) is 0.385. The minimum absolute atomic E-state index is 0.0302. The fourth-order valence-corrected chi connectivity index (χ4v) is 4.47. The molecule has 1 aromatic heterocycles. The Hall–Kier alpha value is -3.48. The quantitative estimate of drug-likeness (QED) is 0.597. The van der Waals surface area contributed by atoms with Crippen molar-refractivity contribution in [2.24, 2.45) is 5.92 Å². The Morgan fingerprint density at radius 1 is 1.15 bits per heavy atom. The van der Waals surface area contributed by atoms with E-state index in [1.54, 1.807) is 28.0 Å². The van der Waals surface area contributed by atoms with Crippen LogP contribution in [0.3, 0.4) is 0 Å². The van der Waals surface area contributed by atoms with Crippen molar-refractivity contribution < 1.29 is 9.59 Å². The molecule has 2 atom stereocenters. The molecule has 0 aliphatic carbocycles. The van der Waals surface area contributed by atoms with Crippen LogP contribution in [0.5, 0.6) is 0 Å². The first-order valence-corrected chi connectivity index (χ1v) is 11.6. The maximum Gasteiger partial charge on any atom is 0.258 e. The largest absolute Gasteiger partial charge is 0.335 e. The van der Waals surface area contributed by atoms with Crippen LogP contribution in [0.25, 0.3) is 10.9 Å². The molecule has 0 bridgehead atoms. The summed E-state index contributed by atoms with van der Waals surface area (Å²) in [5.41, 5.74) is 2.41. The molecule has 1 saturated heterocycles. The number of para-hydroxylation sites is 2. The second kappa shape index (κ2) is 9.57. The molecular weight excluding hydrogens is 416 g/mol. The maximum absolute atomic E-state index is 13.4. The van der Waals surface area contributed by atoms with Crippen molar-refractivity contribution in [1.82, 2.24) is 14.9 Å². The lowest BCUT2D eigenvalue weighted by molar-refractivity contribution is -0.136. The average molecular weight is 447 g/mol. The number of anilines is 1. The predicted molar refractivity (Wildman–Crippen MR) is 129 cm³/mol. The highest BCUT2D eigenvalue weighted by Crippen LogP contribution is 2.34. The Morgan fingerprint density at radius 3 is 2.64 bits per heavy atom. The van der Waals surface area contributed by atoms with E-state index in [-0.39, 0.29) is 30.3 Å². The third kappa shape index (κ3) is 4.53. The molecule has 7 heteroatoms. The molecule has 33 heavy (non-hydrogen) atoms. The van der Waals surface area contributed by atoms with Crippen molar-refractivity contribution in [3.05, 3.63) is 70.3 Å². The number of H-pyrrole nitrogens is 1. The summed E-state index contributed by atoms with van der Waals surface area (Å²) in [5, 5.41) is 0.521. The monoisotopic (exact) mass is 446 g/mol. The Balaban J connectivity index is 1.53. The minimum Gasteiger partial charge on any atom is -0.335 e. The van der Waals surface area contributed by atoms with Crippen LogP contribution >= 0.6 is 0 Å². The summed E-state index contributed by atoms with van der Waals surface area (Å²) in [6.07, 6.45) is 1.16. The number of amides is 2. The minimum atomic E-state index is -0.422. The van der Waals surface area contributed by atoms with E-state index in [2.05, 4.69) is 29.9 Å². The number of carbonyl (C=O) groups excluding carboxylic acids is 2. The number of fused-ring (bicyclic) bond motifs is 1. The third-order valence-corrected chi connectivity index (χ3v) is 6.54. The standard InChI is InChI=1S/C26H30N4O3/c1-4-17(3)19-10-7-9-13-22(19)30-15-18(14-24(30)31)26(33)29(5-2)16-23-27-21-12-8-6-11-20(21)25(32)28-23/h6-13,17-18H,4-5,14-16H2,1-3H3,(H,27,28,32). The molecule has 0 spiro atoms. The Labute approximate surface area is 193 Å². The van der Waals surface area contributed by atoms with E-state index in [9.17, 15) is 14.4 Å². The zero-order valence-electron chi connectivity index (χ0n) is 19.4. The van der Waals surface area contributed by atoms with Gasteiger partial charge in [0.1, 0.15) is 5.82 Å². The molecule has 2 aromatic carbocycles. The van der Waals surface area contributed by atoms with Gasteiger partial charge in [-0.25, -0.2) is 4.98 Å². The highest BCUT2D eigenvalue weighted by atomic mass is 16.2. The van der Waals surface area contributed by atoms with Gasteiger partial charge in [-0.2, -0.15) is 0 Å². The first-order valence-electron chi connectivity index (χ1n) is 11.6. The number of nitrogens with one attached hydrogen (secondary N) is 1. The van der Waals surface area contributed by atoms with E-state index in [1.165, 1.54) is 0 Å². The van der Waals surface area contributed by atoms with Gasteiger partial charge in [0.25, 0.3) is 5.56 Å². The Bertz CT molecular complexity index is 1240. The van der Waals surface area contributed by atoms with Crippen molar-refractivity contribution in [2.45, 2.75) is 46.1 Å². The number of nitrogens with zero attached hydrogens (tertiary/aromatic N) is 3. The molecule has 2 amide bonds. The van der Waals surface area contributed by atoms with Gasteiger partial charge in [-0.05, 0) is 43.0 Å². The van der Waals surface area contributed by atoms with Crippen LogP contribution in [0, 0.1) is 5.92 Å². The van der Waals surface area contributed by atoms with Gasteiger partial charge in [-0.15, -0.1) is 0 Å². The highest BCUT2D eigenvalue weighted by Gasteiger charge is 2.38. The molecular formula is C26H30N4O3. The van der Waals surface area contributed by atoms with Crippen molar-refractivity contribution >= 4 is 28.4 Å². The normalized spacial score (nSPS) is 16.9. The van der Waals surface area contributed by atoms with Gasteiger partial charge in [0.05, 0.1) is 23.4 Å². The van der Waals surface area contributed by atoms with E-state index in [4.69, 9.17) is 0 Å². The van der Waals surface area contributed by atoms with E-state index in [1.807, 2.05) is 31.2 Å². The molecule has 1 fully saturated rings. The van der Waals surface area contributed by atoms with Crippen LogP contribution in [-0.4, -0.2) is 39.8 Å². The second-order valence-electron chi connectivity index (χ2n) is 8.66. The topological polar surface area (TPSA) is 86.4 Å². The Morgan fingerprint density at radius 2 is 1.88 bits per heavy atom. The van der Waals surface area contributed by atoms with Crippen LogP contribution in [0.4, 0.5) is 5.69 Å². The van der Waals surface area contributed by atoms with Gasteiger partial charge < -0.3 is 14.8 Å². The smallest absolute Gasteiger partial charge is 0.258 e. The predicted octanol–water partition coefficient (Wildman–Crippen LogP) is 3.84. The lowest BCUT2D eigenvalue weighted by atomic mass is 9.96. The summed E-state index contributed by atoms with van der Waals surface area (Å²) in [5.74, 6) is 0.223. The summed E-state index contributed by atoms with van der Waals surface area (Å²) in [6.45, 7) is 7.20. The number of benzene rings is 2. The number of hydrogen-bond acceptors (Lipinski definition) is 4. The Kier molecular flexibility index (Phi) is 6.58. The first kappa shape index (κ1) is 22.7. The van der Waals surface area contributed by atoms with Crippen molar-refractivity contribution in [2.75, 3.05) is 18.0 Å². The lowest BCUT2D eigenvalue weighted by Gasteiger charge is -2.25. The SMILES string of the molecule is CCC(C)c1ccccc1N1CC(C(=O)N(CC)Cc2nc3ccccc3c(=O)[nH]2)CC1=O. The molecule has 1 N–H and O–H groups in total. The van der Waals surface area contributed by atoms with Crippen LogP contribution in [0.1, 0.15) is 50.9 Å². The number of hydrogen-bond donors (Lipinski definition) is 1. The van der Waals surface area contributed by atoms with E-state index < -0.39 is 5.92 Å². The first-order chi connectivity index (χ1) is 15.9. The van der Waals surface area contributed by atoms with Gasteiger partial charge in [0.15, 0.2) is 0 Å².